The van der Waals surface area contributed by atoms with E-state index in [-0.39, 0.29) is 0 Å². The molecule has 2 rings (SSSR count). The molecule has 0 aliphatic carbocycles. The smallest absolute Gasteiger partial charge is 0.336 e. The lowest BCUT2D eigenvalue weighted by molar-refractivity contribution is 0.0695. The zero-order chi connectivity index (χ0) is 13.0. The van der Waals surface area contributed by atoms with E-state index in [1.165, 1.54) is 17.3 Å². The van der Waals surface area contributed by atoms with Crippen LogP contribution in [0.25, 0.3) is 0 Å². The van der Waals surface area contributed by atoms with Crippen LogP contribution >= 0.6 is 0 Å². The molecule has 1 N–H and O–H groups in total. The van der Waals surface area contributed by atoms with Crippen molar-refractivity contribution in [3.8, 4) is 0 Å². The monoisotopic (exact) mass is 241 g/mol. The summed E-state index contributed by atoms with van der Waals surface area (Å²) in [6.45, 7) is 2.05. The molecule has 2 aromatic rings. The van der Waals surface area contributed by atoms with Crippen LogP contribution in [0.5, 0.6) is 0 Å². The Hall–Kier alpha value is -2.16. The molecule has 0 saturated carbocycles. The van der Waals surface area contributed by atoms with Crippen LogP contribution in [-0.4, -0.2) is 16.1 Å². The standard InChI is InChI=1S/C15H15NO2/c1-11-2-4-12(5-3-11)6-7-13-10-16-9-8-14(13)15(17)18/h2-5,8-10H,6-7H2,1H3,(H,17,18). The Labute approximate surface area is 106 Å². The van der Waals surface area contributed by atoms with E-state index in [4.69, 9.17) is 5.11 Å². The lowest BCUT2D eigenvalue weighted by Crippen LogP contribution is -2.04. The highest BCUT2D eigenvalue weighted by molar-refractivity contribution is 5.89. The first-order chi connectivity index (χ1) is 8.66. The molecule has 18 heavy (non-hydrogen) atoms. The maximum atomic E-state index is 11.0. The van der Waals surface area contributed by atoms with E-state index >= 15 is 0 Å². The Morgan fingerprint density at radius 2 is 1.89 bits per heavy atom. The minimum absolute atomic E-state index is 0.345. The molecule has 1 heterocycles. The molecule has 0 unspecified atom stereocenters. The number of benzene rings is 1. The van der Waals surface area contributed by atoms with Crippen LogP contribution in [0.2, 0.25) is 0 Å². The van der Waals surface area contributed by atoms with Gasteiger partial charge < -0.3 is 5.11 Å². The van der Waals surface area contributed by atoms with Crippen molar-refractivity contribution in [2.24, 2.45) is 0 Å². The summed E-state index contributed by atoms with van der Waals surface area (Å²) in [6, 6.07) is 9.83. The minimum Gasteiger partial charge on any atom is -0.478 e. The molecule has 0 spiro atoms. The van der Waals surface area contributed by atoms with Gasteiger partial charge in [-0.3, -0.25) is 4.98 Å². The van der Waals surface area contributed by atoms with Gasteiger partial charge in [-0.1, -0.05) is 29.8 Å². The van der Waals surface area contributed by atoms with E-state index < -0.39 is 5.97 Å². The summed E-state index contributed by atoms with van der Waals surface area (Å²) < 4.78 is 0. The predicted molar refractivity (Wildman–Crippen MR) is 69.8 cm³/mol. The fourth-order valence-electron chi connectivity index (χ4n) is 1.87. The van der Waals surface area contributed by atoms with Crippen LogP contribution in [0.4, 0.5) is 0 Å². The first-order valence-corrected chi connectivity index (χ1v) is 5.88. The summed E-state index contributed by atoms with van der Waals surface area (Å²) in [6.07, 6.45) is 4.67. The molecule has 0 saturated heterocycles. The number of hydrogen-bond acceptors (Lipinski definition) is 2. The van der Waals surface area contributed by atoms with Gasteiger partial charge in [0, 0.05) is 12.4 Å². The summed E-state index contributed by atoms with van der Waals surface area (Å²) in [5.74, 6) is -0.892. The first-order valence-electron chi connectivity index (χ1n) is 5.88. The van der Waals surface area contributed by atoms with E-state index in [9.17, 15) is 4.79 Å². The molecule has 0 fully saturated rings. The number of rotatable bonds is 4. The van der Waals surface area contributed by atoms with Gasteiger partial charge in [0.2, 0.25) is 0 Å². The summed E-state index contributed by atoms with van der Waals surface area (Å²) in [4.78, 5) is 15.0. The maximum absolute atomic E-state index is 11.0. The van der Waals surface area contributed by atoms with Crippen LogP contribution in [0, 0.1) is 6.92 Å². The molecule has 0 atom stereocenters. The normalized spacial score (nSPS) is 10.3. The van der Waals surface area contributed by atoms with E-state index in [0.717, 1.165) is 12.0 Å². The number of hydrogen-bond donors (Lipinski definition) is 1. The van der Waals surface area contributed by atoms with Gasteiger partial charge in [-0.25, -0.2) is 4.79 Å². The molecular formula is C15H15NO2. The van der Waals surface area contributed by atoms with Crippen molar-refractivity contribution < 1.29 is 9.90 Å². The lowest BCUT2D eigenvalue weighted by atomic mass is 10.0. The Bertz CT molecular complexity index is 547. The topological polar surface area (TPSA) is 50.2 Å². The number of carboxylic acids is 1. The van der Waals surface area contributed by atoms with Gasteiger partial charge in [0.1, 0.15) is 0 Å². The van der Waals surface area contributed by atoms with Gasteiger partial charge in [-0.2, -0.15) is 0 Å². The number of aromatic carboxylic acids is 1. The van der Waals surface area contributed by atoms with Crippen molar-refractivity contribution in [1.29, 1.82) is 0 Å². The summed E-state index contributed by atoms with van der Waals surface area (Å²) in [7, 11) is 0. The molecule has 0 aliphatic rings. The van der Waals surface area contributed by atoms with Crippen molar-refractivity contribution in [2.45, 2.75) is 19.8 Å². The van der Waals surface area contributed by atoms with Crippen LogP contribution in [-0.2, 0) is 12.8 Å². The fraction of sp³-hybridized carbons (Fsp3) is 0.200. The number of pyridine rings is 1. The van der Waals surface area contributed by atoms with Crippen molar-refractivity contribution in [3.05, 3.63) is 65.0 Å². The predicted octanol–water partition coefficient (Wildman–Crippen LogP) is 2.87. The zero-order valence-corrected chi connectivity index (χ0v) is 10.3. The average Bonchev–Trinajstić information content (AvgIpc) is 2.38. The molecular weight excluding hydrogens is 226 g/mol. The van der Waals surface area contributed by atoms with Crippen molar-refractivity contribution in [1.82, 2.24) is 4.98 Å². The maximum Gasteiger partial charge on any atom is 0.336 e. The molecule has 1 aromatic heterocycles. The fourth-order valence-corrected chi connectivity index (χ4v) is 1.87. The van der Waals surface area contributed by atoms with Gasteiger partial charge in [0.05, 0.1) is 5.56 Å². The quantitative estimate of drug-likeness (QED) is 0.895. The summed E-state index contributed by atoms with van der Waals surface area (Å²) in [5.41, 5.74) is 3.56. The van der Waals surface area contributed by atoms with E-state index in [2.05, 4.69) is 29.2 Å². The molecule has 3 heteroatoms. The Kier molecular flexibility index (Phi) is 3.72. The Morgan fingerprint density at radius 3 is 2.56 bits per heavy atom. The van der Waals surface area contributed by atoms with E-state index in [1.54, 1.807) is 12.3 Å². The van der Waals surface area contributed by atoms with E-state index in [1.807, 2.05) is 6.92 Å². The molecule has 0 amide bonds. The number of aryl methyl sites for hydroxylation is 3. The van der Waals surface area contributed by atoms with E-state index in [0.29, 0.717) is 12.0 Å². The highest BCUT2D eigenvalue weighted by atomic mass is 16.4. The molecule has 3 nitrogen and oxygen atoms in total. The van der Waals surface area contributed by atoms with Crippen LogP contribution in [0.1, 0.15) is 27.0 Å². The largest absolute Gasteiger partial charge is 0.478 e. The zero-order valence-electron chi connectivity index (χ0n) is 10.3. The van der Waals surface area contributed by atoms with Gasteiger partial charge in [-0.05, 0) is 37.0 Å². The number of carboxylic acid groups (broad SMARTS) is 1. The minimum atomic E-state index is -0.892. The SMILES string of the molecule is Cc1ccc(CCc2cnccc2C(=O)O)cc1. The van der Waals surface area contributed by atoms with Gasteiger partial charge in [0.25, 0.3) is 0 Å². The molecule has 0 aliphatic heterocycles. The number of aromatic nitrogens is 1. The average molecular weight is 241 g/mol. The third-order valence-electron chi connectivity index (χ3n) is 2.94. The van der Waals surface area contributed by atoms with Crippen LogP contribution < -0.4 is 0 Å². The molecule has 92 valence electrons. The first kappa shape index (κ1) is 12.3. The third-order valence-corrected chi connectivity index (χ3v) is 2.94. The Morgan fingerprint density at radius 1 is 1.17 bits per heavy atom. The third kappa shape index (κ3) is 2.94. The second-order valence-electron chi connectivity index (χ2n) is 4.32. The highest BCUT2D eigenvalue weighted by Crippen LogP contribution is 2.12. The second kappa shape index (κ2) is 5.45. The second-order valence-corrected chi connectivity index (χ2v) is 4.32. The summed E-state index contributed by atoms with van der Waals surface area (Å²) >= 11 is 0. The lowest BCUT2D eigenvalue weighted by Gasteiger charge is -2.05. The number of carbonyl (C=O) groups is 1. The van der Waals surface area contributed by atoms with Gasteiger partial charge in [-0.15, -0.1) is 0 Å². The van der Waals surface area contributed by atoms with Crippen molar-refractivity contribution >= 4 is 5.97 Å². The number of nitrogens with zero attached hydrogens (tertiary/aromatic N) is 1. The highest BCUT2D eigenvalue weighted by Gasteiger charge is 2.09. The van der Waals surface area contributed by atoms with Crippen molar-refractivity contribution in [3.63, 3.8) is 0 Å². The molecule has 0 bridgehead atoms. The van der Waals surface area contributed by atoms with Crippen molar-refractivity contribution in [2.75, 3.05) is 0 Å². The van der Waals surface area contributed by atoms with Crippen LogP contribution in [0.3, 0.4) is 0 Å². The van der Waals surface area contributed by atoms with Gasteiger partial charge in [0.15, 0.2) is 0 Å². The molecule has 0 radical (unpaired) electrons. The molecule has 1 aromatic carbocycles. The Balaban J connectivity index is 2.10. The van der Waals surface area contributed by atoms with Gasteiger partial charge >= 0.3 is 5.97 Å². The summed E-state index contributed by atoms with van der Waals surface area (Å²) in [5, 5.41) is 9.07. The van der Waals surface area contributed by atoms with Crippen LogP contribution in [0.15, 0.2) is 42.7 Å².